The number of rotatable bonds is 6. The molecule has 0 aliphatic carbocycles. The molecule has 5 rings (SSSR count). The summed E-state index contributed by atoms with van der Waals surface area (Å²) in [5.41, 5.74) is 5.27. The maximum Gasteiger partial charge on any atom is 0.258 e. The van der Waals surface area contributed by atoms with E-state index in [1.54, 1.807) is 17.0 Å². The Morgan fingerprint density at radius 1 is 1.00 bits per heavy atom. The first kappa shape index (κ1) is 26.0. The number of amides is 2. The molecule has 2 N–H and O–H groups in total. The van der Waals surface area contributed by atoms with Crippen molar-refractivity contribution in [2.45, 2.75) is 6.42 Å². The van der Waals surface area contributed by atoms with Crippen molar-refractivity contribution in [3.63, 3.8) is 0 Å². The Labute approximate surface area is 228 Å². The highest BCUT2D eigenvalue weighted by Gasteiger charge is 2.28. The average Bonchev–Trinajstić information content (AvgIpc) is 3.10. The van der Waals surface area contributed by atoms with Gasteiger partial charge in [0.1, 0.15) is 0 Å². The van der Waals surface area contributed by atoms with Crippen LogP contribution in [0, 0.1) is 0 Å². The number of halogens is 1. The molecular formula is C30H32ClN5O2. The van der Waals surface area contributed by atoms with Crippen LogP contribution in [0.1, 0.15) is 17.5 Å². The van der Waals surface area contributed by atoms with Gasteiger partial charge in [-0.1, -0.05) is 48.0 Å². The zero-order valence-corrected chi connectivity index (χ0v) is 22.5. The lowest BCUT2D eigenvalue weighted by molar-refractivity contribution is -0.119. The third kappa shape index (κ3) is 5.75. The van der Waals surface area contributed by atoms with Crippen molar-refractivity contribution >= 4 is 51.7 Å². The number of benzene rings is 3. The maximum atomic E-state index is 13.1. The van der Waals surface area contributed by atoms with Gasteiger partial charge in [-0.15, -0.1) is 0 Å². The van der Waals surface area contributed by atoms with Crippen LogP contribution in [0.5, 0.6) is 0 Å². The molecule has 2 aliphatic heterocycles. The second-order valence-electron chi connectivity index (χ2n) is 9.82. The topological polar surface area (TPSA) is 67.9 Å². The van der Waals surface area contributed by atoms with Crippen LogP contribution in [0.25, 0.3) is 11.3 Å². The van der Waals surface area contributed by atoms with E-state index in [0.717, 1.165) is 55.1 Å². The van der Waals surface area contributed by atoms with Crippen LogP contribution in [0.2, 0.25) is 5.02 Å². The van der Waals surface area contributed by atoms with E-state index in [-0.39, 0.29) is 11.8 Å². The van der Waals surface area contributed by atoms with Crippen LogP contribution in [-0.2, 0) is 9.59 Å². The van der Waals surface area contributed by atoms with E-state index in [4.69, 9.17) is 11.6 Å². The summed E-state index contributed by atoms with van der Waals surface area (Å²) in [6.07, 6.45) is 1.07. The van der Waals surface area contributed by atoms with E-state index >= 15 is 0 Å². The Bertz CT molecular complexity index is 1360. The number of hydrogen-bond donors (Lipinski definition) is 2. The van der Waals surface area contributed by atoms with Gasteiger partial charge in [0.15, 0.2) is 0 Å². The zero-order valence-electron chi connectivity index (χ0n) is 21.7. The highest BCUT2D eigenvalue weighted by molar-refractivity contribution is 6.38. The highest BCUT2D eigenvalue weighted by atomic mass is 35.5. The molecule has 0 unspecified atom stereocenters. The van der Waals surface area contributed by atoms with Crippen molar-refractivity contribution in [2.24, 2.45) is 0 Å². The molecule has 0 saturated carbocycles. The Balaban J connectivity index is 1.37. The predicted molar refractivity (Wildman–Crippen MR) is 155 cm³/mol. The largest absolute Gasteiger partial charge is 0.354 e. The van der Waals surface area contributed by atoms with Gasteiger partial charge in [0.05, 0.1) is 23.5 Å². The molecule has 1 saturated heterocycles. The lowest BCUT2D eigenvalue weighted by atomic mass is 10.00. The number of fused-ring (bicyclic) bond motifs is 1. The van der Waals surface area contributed by atoms with Crippen molar-refractivity contribution in [3.8, 4) is 0 Å². The molecule has 0 spiro atoms. The Hall–Kier alpha value is -3.65. The van der Waals surface area contributed by atoms with E-state index in [2.05, 4.69) is 27.5 Å². The smallest absolute Gasteiger partial charge is 0.258 e. The standard InChI is InChI=1S/C30H32ClN5O2/c1-34-15-6-16-36(18-17-34)20-27(37)35(2)24-12-10-23(11-13-24)32-29(21-7-4-3-5-8-21)28-25-14-9-22(31)19-26(25)33-30(28)38/h3-5,7-14,19,32H,6,15-18,20H2,1-2H3,(H,33,38). The van der Waals surface area contributed by atoms with E-state index in [0.29, 0.717) is 28.5 Å². The van der Waals surface area contributed by atoms with Gasteiger partial charge in [-0.3, -0.25) is 14.5 Å². The minimum Gasteiger partial charge on any atom is -0.354 e. The molecule has 2 aliphatic rings. The molecule has 2 heterocycles. The Morgan fingerprint density at radius 2 is 1.76 bits per heavy atom. The first-order valence-electron chi connectivity index (χ1n) is 12.8. The fourth-order valence-corrected chi connectivity index (χ4v) is 5.06. The number of likely N-dealkylation sites (N-methyl/N-ethyl adjacent to an activating group) is 2. The van der Waals surface area contributed by atoms with Crippen LogP contribution >= 0.6 is 11.6 Å². The van der Waals surface area contributed by atoms with Crippen molar-refractivity contribution in [3.05, 3.63) is 88.9 Å². The molecule has 0 bridgehead atoms. The third-order valence-electron chi connectivity index (χ3n) is 7.11. The normalized spacial score (nSPS) is 17.4. The van der Waals surface area contributed by atoms with E-state index < -0.39 is 0 Å². The molecular weight excluding hydrogens is 498 g/mol. The molecule has 3 aromatic rings. The lowest BCUT2D eigenvalue weighted by Crippen LogP contribution is -2.40. The van der Waals surface area contributed by atoms with Crippen molar-refractivity contribution in [1.29, 1.82) is 0 Å². The monoisotopic (exact) mass is 529 g/mol. The zero-order chi connectivity index (χ0) is 26.6. The minimum absolute atomic E-state index is 0.0697. The van der Waals surface area contributed by atoms with Gasteiger partial charge in [0.25, 0.3) is 5.91 Å². The molecule has 8 heteroatoms. The van der Waals surface area contributed by atoms with Crippen LogP contribution in [-0.4, -0.2) is 68.4 Å². The number of anilines is 3. The van der Waals surface area contributed by atoms with Crippen LogP contribution in [0.3, 0.4) is 0 Å². The summed E-state index contributed by atoms with van der Waals surface area (Å²) in [5.74, 6) is -0.115. The fraction of sp³-hybridized carbons (Fsp3) is 0.267. The highest BCUT2D eigenvalue weighted by Crippen LogP contribution is 2.38. The van der Waals surface area contributed by atoms with Gasteiger partial charge in [0.2, 0.25) is 5.91 Å². The fourth-order valence-electron chi connectivity index (χ4n) is 4.89. The second kappa shape index (κ2) is 11.4. The molecule has 0 atom stereocenters. The van der Waals surface area contributed by atoms with Gasteiger partial charge in [-0.25, -0.2) is 0 Å². The molecule has 0 aromatic heterocycles. The molecule has 0 radical (unpaired) electrons. The van der Waals surface area contributed by atoms with E-state index in [9.17, 15) is 9.59 Å². The Morgan fingerprint density at radius 3 is 2.53 bits per heavy atom. The third-order valence-corrected chi connectivity index (χ3v) is 7.34. The van der Waals surface area contributed by atoms with Crippen molar-refractivity contribution < 1.29 is 9.59 Å². The maximum absolute atomic E-state index is 13.1. The molecule has 1 fully saturated rings. The van der Waals surface area contributed by atoms with Crippen molar-refractivity contribution in [2.75, 3.05) is 62.4 Å². The van der Waals surface area contributed by atoms with Crippen LogP contribution in [0.15, 0.2) is 72.8 Å². The van der Waals surface area contributed by atoms with Crippen molar-refractivity contribution in [1.82, 2.24) is 9.80 Å². The lowest BCUT2D eigenvalue weighted by Gasteiger charge is -2.24. The molecule has 7 nitrogen and oxygen atoms in total. The van der Waals surface area contributed by atoms with Gasteiger partial charge in [0, 0.05) is 42.1 Å². The van der Waals surface area contributed by atoms with Crippen LogP contribution < -0.4 is 15.5 Å². The number of hydrogen-bond acceptors (Lipinski definition) is 5. The summed E-state index contributed by atoms with van der Waals surface area (Å²) in [5, 5.41) is 6.96. The molecule has 196 valence electrons. The quantitative estimate of drug-likeness (QED) is 0.446. The summed E-state index contributed by atoms with van der Waals surface area (Å²) in [6, 6.07) is 22.9. The minimum atomic E-state index is -0.185. The summed E-state index contributed by atoms with van der Waals surface area (Å²) in [7, 11) is 3.94. The van der Waals surface area contributed by atoms with E-state index in [1.807, 2.05) is 67.7 Å². The average molecular weight is 530 g/mol. The summed E-state index contributed by atoms with van der Waals surface area (Å²) >= 11 is 6.16. The van der Waals surface area contributed by atoms with Gasteiger partial charge in [-0.2, -0.15) is 0 Å². The summed E-state index contributed by atoms with van der Waals surface area (Å²) in [6.45, 7) is 4.29. The first-order valence-corrected chi connectivity index (χ1v) is 13.2. The molecule has 38 heavy (non-hydrogen) atoms. The first-order chi connectivity index (χ1) is 18.4. The number of nitrogens with zero attached hydrogens (tertiary/aromatic N) is 3. The molecule has 3 aromatic carbocycles. The van der Waals surface area contributed by atoms with E-state index in [1.165, 1.54) is 0 Å². The number of carbonyl (C=O) groups is 2. The predicted octanol–water partition coefficient (Wildman–Crippen LogP) is 4.87. The number of carbonyl (C=O) groups excluding carboxylic acids is 2. The van der Waals surface area contributed by atoms with Crippen LogP contribution in [0.4, 0.5) is 17.1 Å². The Kier molecular flexibility index (Phi) is 7.79. The van der Waals surface area contributed by atoms with Gasteiger partial charge in [-0.05, 0) is 68.5 Å². The summed E-state index contributed by atoms with van der Waals surface area (Å²) < 4.78 is 0. The number of nitrogens with one attached hydrogen (secondary N) is 2. The van der Waals surface area contributed by atoms with Gasteiger partial charge >= 0.3 is 0 Å². The SMILES string of the molecule is CN1CCCN(CC(=O)N(C)c2ccc(NC(=C3C(=O)Nc4cc(Cl)ccc43)c3ccccc3)cc2)CC1. The summed E-state index contributed by atoms with van der Waals surface area (Å²) in [4.78, 5) is 32.3. The van der Waals surface area contributed by atoms with Gasteiger partial charge < -0.3 is 20.4 Å². The molecule has 2 amide bonds. The second-order valence-corrected chi connectivity index (χ2v) is 10.3.